The highest BCUT2D eigenvalue weighted by molar-refractivity contribution is 5.82. The summed E-state index contributed by atoms with van der Waals surface area (Å²) in [6.45, 7) is -0.392. The number of benzene rings is 1. The molecule has 0 radical (unpaired) electrons. The number of rotatable bonds is 5. The third kappa shape index (κ3) is 3.62. The van der Waals surface area contributed by atoms with E-state index in [0.29, 0.717) is 5.56 Å². The molecular formula is C11H16N2O3. The second-order valence-corrected chi connectivity index (χ2v) is 3.47. The van der Waals surface area contributed by atoms with Crippen LogP contribution in [0.5, 0.6) is 0 Å². The largest absolute Gasteiger partial charge is 0.394 e. The van der Waals surface area contributed by atoms with E-state index in [4.69, 9.17) is 15.9 Å². The number of nitrogens with one attached hydrogen (secondary N) is 1. The molecule has 5 N–H and O–H groups in total. The van der Waals surface area contributed by atoms with Gasteiger partial charge >= 0.3 is 0 Å². The molecule has 0 fully saturated rings. The van der Waals surface area contributed by atoms with Crippen molar-refractivity contribution in [1.82, 2.24) is 5.32 Å². The molecule has 0 aliphatic rings. The number of hydrogen-bond donors (Lipinski definition) is 4. The van der Waals surface area contributed by atoms with E-state index >= 15 is 0 Å². The van der Waals surface area contributed by atoms with E-state index in [9.17, 15) is 4.79 Å². The Kier molecular flexibility index (Phi) is 4.91. The molecule has 0 bridgehead atoms. The molecule has 2 atom stereocenters. The van der Waals surface area contributed by atoms with Crippen LogP contribution in [0.4, 0.5) is 0 Å². The first-order valence-electron chi connectivity index (χ1n) is 5.02. The van der Waals surface area contributed by atoms with Crippen molar-refractivity contribution < 1.29 is 15.0 Å². The van der Waals surface area contributed by atoms with Crippen molar-refractivity contribution in [2.24, 2.45) is 5.73 Å². The summed E-state index contributed by atoms with van der Waals surface area (Å²) in [6.07, 6.45) is -0.952. The molecule has 1 rings (SSSR count). The smallest absolute Gasteiger partial charge is 0.241 e. The fourth-order valence-electron chi connectivity index (χ4n) is 1.20. The van der Waals surface area contributed by atoms with Crippen LogP contribution < -0.4 is 11.1 Å². The van der Waals surface area contributed by atoms with Crippen molar-refractivity contribution in [3.63, 3.8) is 0 Å². The van der Waals surface area contributed by atoms with E-state index in [0.717, 1.165) is 0 Å². The van der Waals surface area contributed by atoms with Crippen LogP contribution in [0.3, 0.4) is 0 Å². The van der Waals surface area contributed by atoms with Crippen LogP contribution in [0.2, 0.25) is 0 Å². The number of carbonyl (C=O) groups excluding carboxylic acids is 1. The number of aliphatic hydroxyl groups is 2. The fraction of sp³-hybridized carbons (Fsp3) is 0.364. The molecule has 0 aliphatic heterocycles. The summed E-state index contributed by atoms with van der Waals surface area (Å²) in [5, 5.41) is 20.1. The molecule has 0 heterocycles. The lowest BCUT2D eigenvalue weighted by molar-refractivity contribution is -0.123. The van der Waals surface area contributed by atoms with E-state index in [1.807, 2.05) is 6.07 Å². The van der Waals surface area contributed by atoms with E-state index < -0.39 is 12.1 Å². The SMILES string of the molecule is NC(C(=O)NCC(O)CO)c1ccccc1. The van der Waals surface area contributed by atoms with E-state index in [-0.39, 0.29) is 19.1 Å². The van der Waals surface area contributed by atoms with Gasteiger partial charge in [0.25, 0.3) is 0 Å². The van der Waals surface area contributed by atoms with Gasteiger partial charge in [0.1, 0.15) is 6.04 Å². The van der Waals surface area contributed by atoms with Gasteiger partial charge in [0, 0.05) is 6.54 Å². The van der Waals surface area contributed by atoms with Crippen LogP contribution in [0.15, 0.2) is 30.3 Å². The first kappa shape index (κ1) is 12.6. The van der Waals surface area contributed by atoms with Crippen LogP contribution in [-0.2, 0) is 4.79 Å². The van der Waals surface area contributed by atoms with Crippen molar-refractivity contribution in [2.75, 3.05) is 13.2 Å². The maximum Gasteiger partial charge on any atom is 0.241 e. The molecule has 0 aromatic heterocycles. The van der Waals surface area contributed by atoms with Gasteiger partial charge in [-0.05, 0) is 5.56 Å². The first-order chi connectivity index (χ1) is 7.65. The summed E-state index contributed by atoms with van der Waals surface area (Å²) in [7, 11) is 0. The summed E-state index contributed by atoms with van der Waals surface area (Å²) in [5.41, 5.74) is 6.42. The Labute approximate surface area is 93.9 Å². The Bertz CT molecular complexity index is 329. The molecule has 0 saturated carbocycles. The monoisotopic (exact) mass is 224 g/mol. The van der Waals surface area contributed by atoms with Gasteiger partial charge in [-0.2, -0.15) is 0 Å². The number of amides is 1. The molecule has 1 aromatic carbocycles. The first-order valence-corrected chi connectivity index (χ1v) is 5.02. The van der Waals surface area contributed by atoms with E-state index in [2.05, 4.69) is 5.32 Å². The lowest BCUT2D eigenvalue weighted by Gasteiger charge is -2.14. The Morgan fingerprint density at radius 2 is 2.00 bits per heavy atom. The van der Waals surface area contributed by atoms with Gasteiger partial charge < -0.3 is 21.3 Å². The lowest BCUT2D eigenvalue weighted by Crippen LogP contribution is -2.39. The zero-order valence-corrected chi connectivity index (χ0v) is 8.84. The fourth-order valence-corrected chi connectivity index (χ4v) is 1.20. The summed E-state index contributed by atoms with van der Waals surface area (Å²) in [4.78, 5) is 11.5. The van der Waals surface area contributed by atoms with Gasteiger partial charge in [0.15, 0.2) is 0 Å². The highest BCUT2D eigenvalue weighted by atomic mass is 16.3. The summed E-state index contributed by atoms with van der Waals surface area (Å²) < 4.78 is 0. The summed E-state index contributed by atoms with van der Waals surface area (Å²) in [5.74, 6) is -0.376. The molecule has 1 amide bonds. The van der Waals surface area contributed by atoms with E-state index in [1.54, 1.807) is 24.3 Å². The Morgan fingerprint density at radius 1 is 1.38 bits per heavy atom. The standard InChI is InChI=1S/C11H16N2O3/c12-10(8-4-2-1-3-5-8)11(16)13-6-9(15)7-14/h1-5,9-10,14-15H,6-7,12H2,(H,13,16). The zero-order chi connectivity index (χ0) is 12.0. The number of carbonyl (C=O) groups is 1. The second kappa shape index (κ2) is 6.22. The van der Waals surface area contributed by atoms with E-state index in [1.165, 1.54) is 0 Å². The van der Waals surface area contributed by atoms with Crippen LogP contribution >= 0.6 is 0 Å². The molecule has 5 heteroatoms. The van der Waals surface area contributed by atoms with Gasteiger partial charge in [-0.1, -0.05) is 30.3 Å². The number of aliphatic hydroxyl groups excluding tert-OH is 2. The maximum absolute atomic E-state index is 11.5. The van der Waals surface area contributed by atoms with Crippen LogP contribution in [-0.4, -0.2) is 35.4 Å². The van der Waals surface area contributed by atoms with Gasteiger partial charge in [-0.15, -0.1) is 0 Å². The third-order valence-corrected chi connectivity index (χ3v) is 2.16. The Hall–Kier alpha value is -1.43. The molecule has 1 aromatic rings. The molecule has 0 saturated heterocycles. The predicted molar refractivity (Wildman–Crippen MR) is 59.5 cm³/mol. The van der Waals surface area contributed by atoms with Crippen LogP contribution in [0, 0.1) is 0 Å². The molecule has 0 aliphatic carbocycles. The topological polar surface area (TPSA) is 95.6 Å². The van der Waals surface area contributed by atoms with Gasteiger partial charge in [0.2, 0.25) is 5.91 Å². The minimum Gasteiger partial charge on any atom is -0.394 e. The molecule has 2 unspecified atom stereocenters. The minimum atomic E-state index is -0.952. The molecule has 88 valence electrons. The quantitative estimate of drug-likeness (QED) is 0.524. The summed E-state index contributed by atoms with van der Waals surface area (Å²) >= 11 is 0. The van der Waals surface area contributed by atoms with Crippen molar-refractivity contribution in [1.29, 1.82) is 0 Å². The number of hydrogen-bond acceptors (Lipinski definition) is 4. The Balaban J connectivity index is 2.49. The molecule has 5 nitrogen and oxygen atoms in total. The average Bonchev–Trinajstić information content (AvgIpc) is 2.35. The normalized spacial score (nSPS) is 14.2. The van der Waals surface area contributed by atoms with Crippen LogP contribution in [0.25, 0.3) is 0 Å². The molecular weight excluding hydrogens is 208 g/mol. The number of nitrogens with two attached hydrogens (primary N) is 1. The van der Waals surface area contributed by atoms with Crippen LogP contribution in [0.1, 0.15) is 11.6 Å². The lowest BCUT2D eigenvalue weighted by atomic mass is 10.1. The average molecular weight is 224 g/mol. The zero-order valence-electron chi connectivity index (χ0n) is 8.84. The third-order valence-electron chi connectivity index (χ3n) is 2.16. The maximum atomic E-state index is 11.5. The minimum absolute atomic E-state index is 0.00410. The highest BCUT2D eigenvalue weighted by Gasteiger charge is 2.15. The predicted octanol–water partition coefficient (Wildman–Crippen LogP) is -0.844. The van der Waals surface area contributed by atoms with Gasteiger partial charge in [-0.25, -0.2) is 0 Å². The molecule has 0 spiro atoms. The van der Waals surface area contributed by atoms with Crippen molar-refractivity contribution in [3.05, 3.63) is 35.9 Å². The molecule has 16 heavy (non-hydrogen) atoms. The van der Waals surface area contributed by atoms with Gasteiger partial charge in [0.05, 0.1) is 12.7 Å². The Morgan fingerprint density at radius 3 is 2.56 bits per heavy atom. The van der Waals surface area contributed by atoms with Gasteiger partial charge in [-0.3, -0.25) is 4.79 Å². The second-order valence-electron chi connectivity index (χ2n) is 3.47. The van der Waals surface area contributed by atoms with Crippen molar-refractivity contribution in [2.45, 2.75) is 12.1 Å². The van der Waals surface area contributed by atoms with Crippen molar-refractivity contribution >= 4 is 5.91 Å². The summed E-state index contributed by atoms with van der Waals surface area (Å²) in [6, 6.07) is 8.19. The van der Waals surface area contributed by atoms with Crippen molar-refractivity contribution in [3.8, 4) is 0 Å². The highest BCUT2D eigenvalue weighted by Crippen LogP contribution is 2.08.